The van der Waals surface area contributed by atoms with Gasteiger partial charge in [-0.1, -0.05) is 53.7 Å². The molecule has 0 aliphatic rings. The number of carbonyl (C=O) groups is 2. The van der Waals surface area contributed by atoms with E-state index in [4.69, 9.17) is 14.2 Å². The van der Waals surface area contributed by atoms with Gasteiger partial charge in [0.15, 0.2) is 0 Å². The van der Waals surface area contributed by atoms with Gasteiger partial charge in [0.25, 0.3) is 0 Å². The van der Waals surface area contributed by atoms with E-state index in [1.165, 1.54) is 19.1 Å². The number of rotatable bonds is 12. The van der Waals surface area contributed by atoms with E-state index in [1.54, 1.807) is 32.9 Å². The van der Waals surface area contributed by atoms with Crippen molar-refractivity contribution in [2.45, 2.75) is 118 Å². The van der Waals surface area contributed by atoms with Gasteiger partial charge in [0.05, 0.1) is 18.6 Å². The van der Waals surface area contributed by atoms with Crippen molar-refractivity contribution in [2.24, 2.45) is 0 Å². The summed E-state index contributed by atoms with van der Waals surface area (Å²) in [4.78, 5) is 24.5. The van der Waals surface area contributed by atoms with Crippen LogP contribution >= 0.6 is 0 Å². The molecular weight excluding hydrogens is 527 g/mol. The van der Waals surface area contributed by atoms with Crippen molar-refractivity contribution in [1.29, 1.82) is 0 Å². The number of halogens is 1. The molecule has 0 radical (unpaired) electrons. The predicted octanol–water partition coefficient (Wildman–Crippen LogP) is 7.01. The van der Waals surface area contributed by atoms with Crippen LogP contribution in [0.15, 0.2) is 24.3 Å². The van der Waals surface area contributed by atoms with Crippen LogP contribution in [-0.2, 0) is 14.3 Å². The van der Waals surface area contributed by atoms with E-state index in [1.807, 2.05) is 41.5 Å². The fourth-order valence-corrected chi connectivity index (χ4v) is 4.99. The van der Waals surface area contributed by atoms with E-state index in [2.05, 4.69) is 0 Å². The summed E-state index contributed by atoms with van der Waals surface area (Å²) < 4.78 is 31.5. The Hall–Kier alpha value is -2.97. The average molecular weight is 575 g/mol. The Morgan fingerprint density at radius 1 is 0.829 bits per heavy atom. The van der Waals surface area contributed by atoms with Crippen LogP contribution in [0.2, 0.25) is 0 Å². The van der Waals surface area contributed by atoms with Gasteiger partial charge < -0.3 is 24.4 Å². The predicted molar refractivity (Wildman–Crippen MR) is 158 cm³/mol. The first kappa shape index (κ1) is 34.2. The lowest BCUT2D eigenvalue weighted by molar-refractivity contribution is -0.157. The van der Waals surface area contributed by atoms with Gasteiger partial charge in [-0.05, 0) is 56.2 Å². The summed E-state index contributed by atoms with van der Waals surface area (Å²) in [6.07, 6.45) is -2.51. The minimum absolute atomic E-state index is 0.0358. The molecule has 0 fully saturated rings. The van der Waals surface area contributed by atoms with Crippen molar-refractivity contribution in [2.75, 3.05) is 6.61 Å². The molecule has 0 unspecified atom stereocenters. The molecular formula is C33H47FO7. The van der Waals surface area contributed by atoms with Gasteiger partial charge in [-0.25, -0.2) is 4.39 Å². The Morgan fingerprint density at radius 2 is 1.34 bits per heavy atom. The lowest BCUT2D eigenvalue weighted by Crippen LogP contribution is -2.29. The van der Waals surface area contributed by atoms with E-state index in [0.29, 0.717) is 22.6 Å². The zero-order chi connectivity index (χ0) is 31.2. The molecule has 0 amide bonds. The summed E-state index contributed by atoms with van der Waals surface area (Å²) in [7, 11) is 0. The topological polar surface area (TPSA) is 102 Å². The lowest BCUT2D eigenvalue weighted by Gasteiger charge is -2.31. The van der Waals surface area contributed by atoms with Crippen LogP contribution in [0.1, 0.15) is 117 Å². The SMILES string of the molecule is CC(=O)Oc1c(-c2ccc(F)cc2)c(C(C)C)c(OC[C@@H](O)C[C@@H](O)CC(=O)OC(C)(C)C)c(C(C)C)c1C(C)C. The highest BCUT2D eigenvalue weighted by atomic mass is 19.1. The Labute approximate surface area is 244 Å². The molecule has 2 atom stereocenters. The minimum atomic E-state index is -1.11. The molecule has 0 saturated carbocycles. The maximum absolute atomic E-state index is 13.9. The fraction of sp³-hybridized carbons (Fsp3) is 0.576. The van der Waals surface area contributed by atoms with Crippen LogP contribution in [0.4, 0.5) is 4.39 Å². The van der Waals surface area contributed by atoms with Gasteiger partial charge in [0.2, 0.25) is 0 Å². The number of hydrogen-bond donors (Lipinski definition) is 2. The van der Waals surface area contributed by atoms with Crippen molar-refractivity contribution < 1.29 is 38.4 Å². The molecule has 0 aliphatic carbocycles. The van der Waals surface area contributed by atoms with Gasteiger partial charge in [-0.3, -0.25) is 9.59 Å². The monoisotopic (exact) mass is 574 g/mol. The molecule has 8 heteroatoms. The Balaban J connectivity index is 2.63. The molecule has 0 bridgehead atoms. The summed E-state index contributed by atoms with van der Waals surface area (Å²) in [5.41, 5.74) is 3.05. The number of aliphatic hydroxyl groups is 2. The summed E-state index contributed by atoms with van der Waals surface area (Å²) in [6.45, 7) is 18.5. The number of esters is 2. The van der Waals surface area contributed by atoms with Crippen molar-refractivity contribution in [3.63, 3.8) is 0 Å². The maximum atomic E-state index is 13.9. The third kappa shape index (κ3) is 9.54. The first-order valence-corrected chi connectivity index (χ1v) is 14.3. The van der Waals surface area contributed by atoms with Crippen LogP contribution in [0.25, 0.3) is 11.1 Å². The van der Waals surface area contributed by atoms with Gasteiger partial charge in [-0.15, -0.1) is 0 Å². The van der Waals surface area contributed by atoms with Crippen LogP contribution in [-0.4, -0.2) is 46.6 Å². The third-order valence-corrected chi connectivity index (χ3v) is 6.42. The Kier molecular flexibility index (Phi) is 11.9. The van der Waals surface area contributed by atoms with Crippen molar-refractivity contribution in [1.82, 2.24) is 0 Å². The smallest absolute Gasteiger partial charge is 0.308 e. The Morgan fingerprint density at radius 3 is 1.80 bits per heavy atom. The van der Waals surface area contributed by atoms with E-state index < -0.39 is 29.7 Å². The Bertz CT molecular complexity index is 1190. The molecule has 7 nitrogen and oxygen atoms in total. The summed E-state index contributed by atoms with van der Waals surface area (Å²) >= 11 is 0. The van der Waals surface area contributed by atoms with Crippen molar-refractivity contribution >= 4 is 11.9 Å². The molecule has 0 spiro atoms. The van der Waals surface area contributed by atoms with Crippen molar-refractivity contribution in [3.8, 4) is 22.6 Å². The van der Waals surface area contributed by atoms with Crippen LogP contribution in [0, 0.1) is 5.82 Å². The molecule has 228 valence electrons. The fourth-order valence-electron chi connectivity index (χ4n) is 4.99. The van der Waals surface area contributed by atoms with Gasteiger partial charge in [-0.2, -0.15) is 0 Å². The number of aliphatic hydroxyl groups excluding tert-OH is 2. The second-order valence-corrected chi connectivity index (χ2v) is 12.5. The number of benzene rings is 2. The zero-order valence-corrected chi connectivity index (χ0v) is 26.1. The van der Waals surface area contributed by atoms with Crippen LogP contribution < -0.4 is 9.47 Å². The first-order valence-electron chi connectivity index (χ1n) is 14.3. The van der Waals surface area contributed by atoms with Gasteiger partial charge in [0.1, 0.15) is 29.5 Å². The highest BCUT2D eigenvalue weighted by molar-refractivity contribution is 5.84. The molecule has 41 heavy (non-hydrogen) atoms. The van der Waals surface area contributed by atoms with Gasteiger partial charge >= 0.3 is 11.9 Å². The molecule has 0 aromatic heterocycles. The highest BCUT2D eigenvalue weighted by Gasteiger charge is 2.32. The summed E-state index contributed by atoms with van der Waals surface area (Å²) in [6, 6.07) is 6.01. The highest BCUT2D eigenvalue weighted by Crippen LogP contribution is 2.52. The zero-order valence-electron chi connectivity index (χ0n) is 26.1. The van der Waals surface area contributed by atoms with Crippen molar-refractivity contribution in [3.05, 3.63) is 46.8 Å². The molecule has 2 N–H and O–H groups in total. The third-order valence-electron chi connectivity index (χ3n) is 6.42. The summed E-state index contributed by atoms with van der Waals surface area (Å²) in [5.74, 6) is -0.621. The van der Waals surface area contributed by atoms with Crippen LogP contribution in [0.3, 0.4) is 0 Å². The number of hydrogen-bond acceptors (Lipinski definition) is 7. The number of carbonyl (C=O) groups excluding carboxylic acids is 2. The van der Waals surface area contributed by atoms with Gasteiger partial charge in [0, 0.05) is 35.6 Å². The van der Waals surface area contributed by atoms with E-state index in [0.717, 1.165) is 16.7 Å². The first-order chi connectivity index (χ1) is 18.9. The lowest BCUT2D eigenvalue weighted by atomic mass is 9.80. The second kappa shape index (κ2) is 14.3. The largest absolute Gasteiger partial charge is 0.490 e. The van der Waals surface area contributed by atoms with Crippen LogP contribution in [0.5, 0.6) is 11.5 Å². The normalized spacial score (nSPS) is 13.5. The molecule has 2 aromatic rings. The van der Waals surface area contributed by atoms with E-state index in [-0.39, 0.29) is 43.0 Å². The van der Waals surface area contributed by atoms with E-state index >= 15 is 0 Å². The molecule has 2 rings (SSSR count). The quantitative estimate of drug-likeness (QED) is 0.208. The molecule has 0 aliphatic heterocycles. The molecule has 0 heterocycles. The van der Waals surface area contributed by atoms with E-state index in [9.17, 15) is 24.2 Å². The number of ether oxygens (including phenoxy) is 3. The molecule has 2 aromatic carbocycles. The minimum Gasteiger partial charge on any atom is -0.490 e. The molecule has 0 saturated heterocycles. The maximum Gasteiger partial charge on any atom is 0.308 e. The standard InChI is InChI=1S/C33H47FO7/c1-18(2)27-28(19(3)4)32(40-21(7)35)30(22-11-13-23(34)14-12-22)29(20(5)6)31(27)39-17-25(37)15-24(36)16-26(38)41-33(8,9)10/h11-14,18-20,24-25,36-37H,15-17H2,1-10H3/t24-,25+/m1/s1. The summed E-state index contributed by atoms with van der Waals surface area (Å²) in [5, 5.41) is 21.2. The average Bonchev–Trinajstić information content (AvgIpc) is 2.80. The second-order valence-electron chi connectivity index (χ2n) is 12.5.